The molecule has 0 spiro atoms. The Labute approximate surface area is 150 Å². The van der Waals surface area contributed by atoms with Gasteiger partial charge in [-0.1, -0.05) is 0 Å². The number of carbonyl (C=O) groups excluding carboxylic acids is 2. The van der Waals surface area contributed by atoms with Gasteiger partial charge in [-0.3, -0.25) is 4.79 Å². The summed E-state index contributed by atoms with van der Waals surface area (Å²) < 4.78 is 6.78. The number of aryl methyl sites for hydroxylation is 2. The summed E-state index contributed by atoms with van der Waals surface area (Å²) >= 11 is 0. The molecular weight excluding hydrogens is 336 g/mol. The van der Waals surface area contributed by atoms with E-state index in [1.807, 2.05) is 19.9 Å². The van der Waals surface area contributed by atoms with Crippen LogP contribution in [0, 0.1) is 13.8 Å². The minimum Gasteiger partial charge on any atom is -0.449 e. The molecule has 2 aromatic rings. The molecule has 2 aliphatic heterocycles. The summed E-state index contributed by atoms with van der Waals surface area (Å²) in [5.41, 5.74) is 2.49. The molecule has 0 unspecified atom stereocenters. The number of aromatic nitrogens is 4. The highest BCUT2D eigenvalue weighted by Gasteiger charge is 2.33. The molecule has 0 radical (unpaired) electrons. The zero-order valence-electron chi connectivity index (χ0n) is 15.0. The fraction of sp³-hybridized carbons (Fsp3) is 0.588. The Hall–Kier alpha value is -2.71. The number of cyclic esters (lactones) is 1. The third-order valence-corrected chi connectivity index (χ3v) is 5.12. The molecule has 0 bridgehead atoms. The van der Waals surface area contributed by atoms with Gasteiger partial charge in [0.15, 0.2) is 11.3 Å². The molecule has 2 amide bonds. The van der Waals surface area contributed by atoms with Gasteiger partial charge in [0, 0.05) is 31.7 Å². The molecule has 0 atom stereocenters. The molecule has 2 saturated heterocycles. The first kappa shape index (κ1) is 16.7. The molecule has 0 saturated carbocycles. The predicted molar refractivity (Wildman–Crippen MR) is 91.9 cm³/mol. The second-order valence-electron chi connectivity index (χ2n) is 6.87. The SMILES string of the molecule is Cc1cc2nnc(C(=O)N3CCC(N4CCCOC4=O)CC3)c(C)n2n1. The van der Waals surface area contributed by atoms with E-state index in [2.05, 4.69) is 15.3 Å². The van der Waals surface area contributed by atoms with Crippen LogP contribution in [0.1, 0.15) is 41.1 Å². The molecule has 0 aliphatic carbocycles. The van der Waals surface area contributed by atoms with E-state index >= 15 is 0 Å². The molecule has 26 heavy (non-hydrogen) atoms. The normalized spacial score (nSPS) is 19.1. The number of rotatable bonds is 2. The lowest BCUT2D eigenvalue weighted by Gasteiger charge is -2.39. The van der Waals surface area contributed by atoms with Crippen molar-refractivity contribution < 1.29 is 14.3 Å². The van der Waals surface area contributed by atoms with Gasteiger partial charge in [-0.2, -0.15) is 5.10 Å². The third kappa shape index (κ3) is 2.87. The number of fused-ring (bicyclic) bond motifs is 1. The van der Waals surface area contributed by atoms with Crippen LogP contribution in [0.25, 0.3) is 5.65 Å². The van der Waals surface area contributed by atoms with Crippen molar-refractivity contribution >= 4 is 17.6 Å². The highest BCUT2D eigenvalue weighted by atomic mass is 16.6. The van der Waals surface area contributed by atoms with Gasteiger partial charge in [-0.05, 0) is 33.1 Å². The molecule has 0 N–H and O–H groups in total. The minimum absolute atomic E-state index is 0.135. The van der Waals surface area contributed by atoms with Crippen molar-refractivity contribution in [2.24, 2.45) is 0 Å². The average Bonchev–Trinajstić information content (AvgIpc) is 3.04. The first-order valence-electron chi connectivity index (χ1n) is 8.97. The first-order chi connectivity index (χ1) is 12.5. The van der Waals surface area contributed by atoms with E-state index in [-0.39, 0.29) is 18.0 Å². The van der Waals surface area contributed by atoms with Gasteiger partial charge in [0.25, 0.3) is 5.91 Å². The van der Waals surface area contributed by atoms with E-state index in [1.54, 1.807) is 14.3 Å². The Morgan fingerprint density at radius 3 is 2.69 bits per heavy atom. The number of piperidine rings is 1. The minimum atomic E-state index is -0.234. The Morgan fingerprint density at radius 1 is 1.19 bits per heavy atom. The van der Waals surface area contributed by atoms with Crippen molar-refractivity contribution in [1.29, 1.82) is 0 Å². The lowest BCUT2D eigenvalue weighted by atomic mass is 10.0. The van der Waals surface area contributed by atoms with Crippen LogP contribution in [0.2, 0.25) is 0 Å². The van der Waals surface area contributed by atoms with Crippen molar-refractivity contribution in [2.45, 2.75) is 39.2 Å². The average molecular weight is 358 g/mol. The summed E-state index contributed by atoms with van der Waals surface area (Å²) in [6, 6.07) is 1.97. The van der Waals surface area contributed by atoms with E-state index < -0.39 is 0 Å². The summed E-state index contributed by atoms with van der Waals surface area (Å²) in [4.78, 5) is 28.4. The van der Waals surface area contributed by atoms with Crippen molar-refractivity contribution in [1.82, 2.24) is 29.6 Å². The quantitative estimate of drug-likeness (QED) is 0.800. The maximum atomic E-state index is 12.9. The van der Waals surface area contributed by atoms with Crippen molar-refractivity contribution in [3.8, 4) is 0 Å². The number of amides is 2. The molecule has 0 aromatic carbocycles. The number of hydrogen-bond donors (Lipinski definition) is 0. The fourth-order valence-corrected chi connectivity index (χ4v) is 3.71. The number of hydrogen-bond acceptors (Lipinski definition) is 6. The second-order valence-corrected chi connectivity index (χ2v) is 6.87. The van der Waals surface area contributed by atoms with Gasteiger partial charge in [0.1, 0.15) is 0 Å². The topological polar surface area (TPSA) is 92.9 Å². The fourth-order valence-electron chi connectivity index (χ4n) is 3.71. The Morgan fingerprint density at radius 2 is 1.96 bits per heavy atom. The zero-order valence-corrected chi connectivity index (χ0v) is 15.0. The molecule has 9 nitrogen and oxygen atoms in total. The van der Waals surface area contributed by atoms with E-state index in [9.17, 15) is 9.59 Å². The molecule has 138 valence electrons. The van der Waals surface area contributed by atoms with E-state index in [0.717, 1.165) is 31.5 Å². The molecule has 9 heteroatoms. The monoisotopic (exact) mass is 358 g/mol. The third-order valence-electron chi connectivity index (χ3n) is 5.12. The number of carbonyl (C=O) groups is 2. The Balaban J connectivity index is 1.47. The number of ether oxygens (including phenoxy) is 1. The summed E-state index contributed by atoms with van der Waals surface area (Å²) in [5.74, 6) is -0.135. The van der Waals surface area contributed by atoms with Gasteiger partial charge in [-0.25, -0.2) is 9.31 Å². The van der Waals surface area contributed by atoms with Crippen LogP contribution < -0.4 is 0 Å². The first-order valence-corrected chi connectivity index (χ1v) is 8.97. The van der Waals surface area contributed by atoms with Crippen LogP contribution in [0.5, 0.6) is 0 Å². The van der Waals surface area contributed by atoms with E-state index in [1.165, 1.54) is 0 Å². The maximum Gasteiger partial charge on any atom is 0.410 e. The molecule has 2 aliphatic rings. The standard InChI is InChI=1S/C17H22N6O3/c1-11-10-14-18-19-15(12(2)23(14)20-11)16(24)21-7-4-13(5-8-21)22-6-3-9-26-17(22)25/h10,13H,3-9H2,1-2H3. The highest BCUT2D eigenvalue weighted by molar-refractivity contribution is 5.93. The van der Waals surface area contributed by atoms with Gasteiger partial charge >= 0.3 is 6.09 Å². The Kier molecular flexibility index (Phi) is 4.21. The van der Waals surface area contributed by atoms with Gasteiger partial charge in [-0.15, -0.1) is 10.2 Å². The van der Waals surface area contributed by atoms with E-state index in [4.69, 9.17) is 4.74 Å². The van der Waals surface area contributed by atoms with Crippen LogP contribution in [0.4, 0.5) is 4.79 Å². The largest absolute Gasteiger partial charge is 0.449 e. The van der Waals surface area contributed by atoms with Crippen LogP contribution in [0.3, 0.4) is 0 Å². The molecule has 2 aromatic heterocycles. The zero-order chi connectivity index (χ0) is 18.3. The van der Waals surface area contributed by atoms with Gasteiger partial charge in [0.05, 0.1) is 18.0 Å². The van der Waals surface area contributed by atoms with Gasteiger partial charge in [0.2, 0.25) is 0 Å². The summed E-state index contributed by atoms with van der Waals surface area (Å²) in [7, 11) is 0. The van der Waals surface area contributed by atoms with Crippen molar-refractivity contribution in [3.63, 3.8) is 0 Å². The van der Waals surface area contributed by atoms with Crippen molar-refractivity contribution in [3.05, 3.63) is 23.1 Å². The molecule has 2 fully saturated rings. The van der Waals surface area contributed by atoms with Crippen molar-refractivity contribution in [2.75, 3.05) is 26.2 Å². The number of nitrogens with zero attached hydrogens (tertiary/aromatic N) is 6. The van der Waals surface area contributed by atoms with E-state index in [0.29, 0.717) is 36.7 Å². The van der Waals surface area contributed by atoms with Crippen LogP contribution in [0.15, 0.2) is 6.07 Å². The summed E-state index contributed by atoms with van der Waals surface area (Å²) in [6.45, 7) is 6.12. The van der Waals surface area contributed by atoms with Crippen LogP contribution in [-0.2, 0) is 4.74 Å². The summed E-state index contributed by atoms with van der Waals surface area (Å²) in [5, 5.41) is 12.6. The lowest BCUT2D eigenvalue weighted by Crippen LogP contribution is -2.51. The highest BCUT2D eigenvalue weighted by Crippen LogP contribution is 2.21. The second kappa shape index (κ2) is 6.54. The summed E-state index contributed by atoms with van der Waals surface area (Å²) in [6.07, 6.45) is 2.12. The maximum absolute atomic E-state index is 12.9. The smallest absolute Gasteiger partial charge is 0.410 e. The molecule has 4 rings (SSSR count). The van der Waals surface area contributed by atoms with Crippen LogP contribution in [-0.4, -0.2) is 73.9 Å². The molecule has 4 heterocycles. The molecular formula is C17H22N6O3. The van der Waals surface area contributed by atoms with Crippen LogP contribution >= 0.6 is 0 Å². The predicted octanol–water partition coefficient (Wildman–Crippen LogP) is 1.19. The number of likely N-dealkylation sites (tertiary alicyclic amines) is 1. The Bertz CT molecular complexity index is 856. The van der Waals surface area contributed by atoms with Gasteiger partial charge < -0.3 is 14.5 Å². The lowest BCUT2D eigenvalue weighted by molar-refractivity contribution is 0.0354.